The predicted molar refractivity (Wildman–Crippen MR) is 119 cm³/mol. The van der Waals surface area contributed by atoms with Crippen molar-refractivity contribution in [2.24, 2.45) is 0 Å². The third-order valence-corrected chi connectivity index (χ3v) is 6.41. The zero-order valence-electron chi connectivity index (χ0n) is 16.5. The minimum absolute atomic E-state index is 0.0469. The largest absolute Gasteiger partial charge is 0.336 e. The van der Waals surface area contributed by atoms with Crippen molar-refractivity contribution >= 4 is 33.8 Å². The molecule has 1 aromatic carbocycles. The molecule has 0 bridgehead atoms. The Labute approximate surface area is 186 Å². The fraction of sp³-hybridized carbons (Fsp3) is 0.238. The zero-order chi connectivity index (χ0) is 21.4. The average Bonchev–Trinajstić information content (AvgIpc) is 3.44. The number of piperazine rings is 1. The number of amides is 1. The molecule has 0 N–H and O–H groups in total. The van der Waals surface area contributed by atoms with E-state index in [0.717, 1.165) is 24.5 Å². The minimum Gasteiger partial charge on any atom is -0.336 e. The standard InChI is InChI=1S/C21H19ClN6O2S/c22-17-3-1-2-4-18(17)28-13-15(12-23-28)20(30)26-7-5-25(6-8-26)14-16-11-19(29)27-9-10-31-21(27)24-16/h1-4,9-13H,5-8,14H2. The molecular weight excluding hydrogens is 436 g/mol. The third-order valence-electron chi connectivity index (χ3n) is 5.33. The molecule has 4 heterocycles. The van der Waals surface area contributed by atoms with Crippen molar-refractivity contribution < 1.29 is 4.79 Å². The molecule has 1 amide bonds. The van der Waals surface area contributed by atoms with Gasteiger partial charge in [0.1, 0.15) is 0 Å². The van der Waals surface area contributed by atoms with E-state index in [1.54, 1.807) is 39.8 Å². The van der Waals surface area contributed by atoms with Gasteiger partial charge in [-0.2, -0.15) is 5.10 Å². The molecule has 0 aliphatic carbocycles. The molecule has 0 saturated carbocycles. The minimum atomic E-state index is -0.0643. The molecule has 3 aromatic heterocycles. The smallest absolute Gasteiger partial charge is 0.258 e. The molecule has 158 valence electrons. The summed E-state index contributed by atoms with van der Waals surface area (Å²) in [6.45, 7) is 3.24. The van der Waals surface area contributed by atoms with E-state index in [2.05, 4.69) is 15.0 Å². The van der Waals surface area contributed by atoms with Crippen LogP contribution in [0.4, 0.5) is 0 Å². The SMILES string of the molecule is O=C(c1cnn(-c2ccccc2Cl)c1)N1CCN(Cc2cc(=O)n3ccsc3n2)CC1. The molecule has 1 aliphatic rings. The highest BCUT2D eigenvalue weighted by Crippen LogP contribution is 2.20. The van der Waals surface area contributed by atoms with E-state index in [-0.39, 0.29) is 11.5 Å². The topological polar surface area (TPSA) is 75.7 Å². The Morgan fingerprint density at radius 3 is 2.77 bits per heavy atom. The Balaban J connectivity index is 1.23. The van der Waals surface area contributed by atoms with Crippen molar-refractivity contribution in [3.63, 3.8) is 0 Å². The van der Waals surface area contributed by atoms with E-state index < -0.39 is 0 Å². The number of benzene rings is 1. The number of hydrogen-bond acceptors (Lipinski definition) is 6. The van der Waals surface area contributed by atoms with E-state index in [0.29, 0.717) is 35.2 Å². The van der Waals surface area contributed by atoms with Crippen LogP contribution in [-0.4, -0.2) is 61.1 Å². The second kappa shape index (κ2) is 8.26. The second-order valence-corrected chi connectivity index (χ2v) is 8.61. The average molecular weight is 455 g/mol. The maximum Gasteiger partial charge on any atom is 0.258 e. The van der Waals surface area contributed by atoms with Crippen molar-refractivity contribution in [2.75, 3.05) is 26.2 Å². The summed E-state index contributed by atoms with van der Waals surface area (Å²) in [5.41, 5.74) is 1.96. The summed E-state index contributed by atoms with van der Waals surface area (Å²) in [6.07, 6.45) is 5.02. The monoisotopic (exact) mass is 454 g/mol. The number of thiazole rings is 1. The molecule has 0 radical (unpaired) electrons. The van der Waals surface area contributed by atoms with Crippen LogP contribution in [0.15, 0.2) is 59.1 Å². The molecule has 0 atom stereocenters. The van der Waals surface area contributed by atoms with E-state index >= 15 is 0 Å². The van der Waals surface area contributed by atoms with Crippen molar-refractivity contribution in [3.05, 3.63) is 80.9 Å². The number of carbonyl (C=O) groups is 1. The van der Waals surface area contributed by atoms with Crippen molar-refractivity contribution in [2.45, 2.75) is 6.54 Å². The molecular formula is C21H19ClN6O2S. The van der Waals surface area contributed by atoms with Gasteiger partial charge in [-0.1, -0.05) is 23.7 Å². The van der Waals surface area contributed by atoms with Crippen LogP contribution in [0.3, 0.4) is 0 Å². The molecule has 10 heteroatoms. The van der Waals surface area contributed by atoms with Gasteiger partial charge in [0, 0.05) is 56.6 Å². The lowest BCUT2D eigenvalue weighted by Crippen LogP contribution is -2.48. The van der Waals surface area contributed by atoms with E-state index in [9.17, 15) is 9.59 Å². The Kier molecular flexibility index (Phi) is 5.31. The van der Waals surface area contributed by atoms with Gasteiger partial charge < -0.3 is 4.90 Å². The maximum absolute atomic E-state index is 12.9. The Hall–Kier alpha value is -3.01. The van der Waals surface area contributed by atoms with Gasteiger partial charge in [-0.05, 0) is 12.1 Å². The Morgan fingerprint density at radius 1 is 1.16 bits per heavy atom. The summed E-state index contributed by atoms with van der Waals surface area (Å²) in [4.78, 5) is 34.4. The maximum atomic E-state index is 12.9. The first-order chi connectivity index (χ1) is 15.1. The van der Waals surface area contributed by atoms with Crippen LogP contribution >= 0.6 is 22.9 Å². The van der Waals surface area contributed by atoms with Gasteiger partial charge in [0.05, 0.1) is 28.2 Å². The number of halogens is 1. The molecule has 0 spiro atoms. The van der Waals surface area contributed by atoms with Crippen LogP contribution in [0.1, 0.15) is 16.1 Å². The van der Waals surface area contributed by atoms with E-state index in [1.807, 2.05) is 28.5 Å². The van der Waals surface area contributed by atoms with Crippen LogP contribution in [0.5, 0.6) is 0 Å². The fourth-order valence-electron chi connectivity index (χ4n) is 3.69. The Bertz CT molecular complexity index is 1300. The molecule has 1 fully saturated rings. The van der Waals surface area contributed by atoms with Gasteiger partial charge in [0.15, 0.2) is 4.96 Å². The summed E-state index contributed by atoms with van der Waals surface area (Å²) >= 11 is 7.67. The molecule has 5 rings (SSSR count). The number of nitrogens with zero attached hydrogens (tertiary/aromatic N) is 6. The number of rotatable bonds is 4. The number of para-hydroxylation sites is 1. The zero-order valence-corrected chi connectivity index (χ0v) is 18.1. The molecule has 8 nitrogen and oxygen atoms in total. The van der Waals surface area contributed by atoms with Crippen LogP contribution in [0.25, 0.3) is 10.6 Å². The van der Waals surface area contributed by atoms with Crippen LogP contribution in [0, 0.1) is 0 Å². The van der Waals surface area contributed by atoms with Gasteiger partial charge in [-0.25, -0.2) is 9.67 Å². The predicted octanol–water partition coefficient (Wildman–Crippen LogP) is 2.55. The normalized spacial score (nSPS) is 14.9. The first-order valence-corrected chi connectivity index (χ1v) is 11.1. The highest BCUT2D eigenvalue weighted by Gasteiger charge is 2.24. The number of carbonyl (C=O) groups excluding carboxylic acids is 1. The van der Waals surface area contributed by atoms with Gasteiger partial charge in [0.25, 0.3) is 11.5 Å². The molecule has 0 unspecified atom stereocenters. The summed E-state index contributed by atoms with van der Waals surface area (Å²) < 4.78 is 3.17. The molecule has 31 heavy (non-hydrogen) atoms. The van der Waals surface area contributed by atoms with Gasteiger partial charge >= 0.3 is 0 Å². The summed E-state index contributed by atoms with van der Waals surface area (Å²) in [5.74, 6) is -0.0469. The van der Waals surface area contributed by atoms with Crippen LogP contribution in [0.2, 0.25) is 5.02 Å². The lowest BCUT2D eigenvalue weighted by atomic mass is 10.2. The lowest BCUT2D eigenvalue weighted by molar-refractivity contribution is 0.0627. The third kappa shape index (κ3) is 3.99. The van der Waals surface area contributed by atoms with Crippen LogP contribution < -0.4 is 5.56 Å². The van der Waals surface area contributed by atoms with Gasteiger partial charge in [-0.3, -0.25) is 18.9 Å². The summed E-state index contributed by atoms with van der Waals surface area (Å²) in [6, 6.07) is 8.96. The Morgan fingerprint density at radius 2 is 1.97 bits per heavy atom. The highest BCUT2D eigenvalue weighted by atomic mass is 35.5. The summed E-state index contributed by atoms with van der Waals surface area (Å²) in [7, 11) is 0. The number of aromatic nitrogens is 4. The van der Waals surface area contributed by atoms with Crippen molar-refractivity contribution in [1.82, 2.24) is 29.0 Å². The molecule has 1 saturated heterocycles. The molecule has 4 aromatic rings. The van der Waals surface area contributed by atoms with E-state index in [4.69, 9.17) is 11.6 Å². The number of hydrogen-bond donors (Lipinski definition) is 0. The summed E-state index contributed by atoms with van der Waals surface area (Å²) in [5, 5.41) is 6.73. The first-order valence-electron chi connectivity index (χ1n) is 9.85. The highest BCUT2D eigenvalue weighted by molar-refractivity contribution is 7.15. The second-order valence-electron chi connectivity index (χ2n) is 7.33. The first kappa shape index (κ1) is 19.9. The quantitative estimate of drug-likeness (QED) is 0.473. The van der Waals surface area contributed by atoms with Gasteiger partial charge in [-0.15, -0.1) is 11.3 Å². The van der Waals surface area contributed by atoms with E-state index in [1.165, 1.54) is 11.3 Å². The van der Waals surface area contributed by atoms with Crippen molar-refractivity contribution in [1.29, 1.82) is 0 Å². The number of fused-ring (bicyclic) bond motifs is 1. The fourth-order valence-corrected chi connectivity index (χ4v) is 4.65. The van der Waals surface area contributed by atoms with Crippen molar-refractivity contribution in [3.8, 4) is 5.69 Å². The lowest BCUT2D eigenvalue weighted by Gasteiger charge is -2.34. The van der Waals surface area contributed by atoms with Crippen LogP contribution in [-0.2, 0) is 6.54 Å². The molecule has 1 aliphatic heterocycles. The van der Waals surface area contributed by atoms with Gasteiger partial charge in [0.2, 0.25) is 0 Å².